The predicted octanol–water partition coefficient (Wildman–Crippen LogP) is 4.04. The van der Waals surface area contributed by atoms with Crippen LogP contribution in [0.4, 0.5) is 5.69 Å². The minimum atomic E-state index is -3.97. The number of amides is 1. The lowest BCUT2D eigenvalue weighted by molar-refractivity contribution is -0.119. The summed E-state index contributed by atoms with van der Waals surface area (Å²) in [7, 11) is -3.97. The first-order chi connectivity index (χ1) is 15.3. The van der Waals surface area contributed by atoms with Gasteiger partial charge in [0.05, 0.1) is 10.6 Å². The highest BCUT2D eigenvalue weighted by atomic mass is 32.2. The Morgan fingerprint density at radius 2 is 1.75 bits per heavy atom. The van der Waals surface area contributed by atoms with Crippen molar-refractivity contribution in [3.05, 3.63) is 89.5 Å². The van der Waals surface area contributed by atoms with E-state index >= 15 is 0 Å². The predicted molar refractivity (Wildman–Crippen MR) is 128 cm³/mol. The third kappa shape index (κ3) is 5.77. The van der Waals surface area contributed by atoms with Gasteiger partial charge in [0.1, 0.15) is 12.8 Å². The molecule has 0 aliphatic rings. The molecule has 0 aromatic heterocycles. The van der Waals surface area contributed by atoms with Gasteiger partial charge in [-0.1, -0.05) is 42.0 Å². The molecule has 0 spiro atoms. The fourth-order valence-corrected chi connectivity index (χ4v) is 4.95. The molecule has 6 nitrogen and oxygen atoms in total. The number of nitrogens with zero attached hydrogens (tertiary/aromatic N) is 1. The number of rotatable bonds is 9. The number of anilines is 1. The number of hydrogen-bond donors (Lipinski definition) is 1. The molecule has 0 fully saturated rings. The van der Waals surface area contributed by atoms with E-state index < -0.39 is 15.9 Å². The summed E-state index contributed by atoms with van der Waals surface area (Å²) in [6, 6.07) is 20.5. The van der Waals surface area contributed by atoms with E-state index in [1.165, 1.54) is 11.8 Å². The van der Waals surface area contributed by atoms with Crippen molar-refractivity contribution in [1.29, 1.82) is 0 Å². The molecule has 0 aliphatic carbocycles. The number of aryl methyl sites for hydroxylation is 1. The topological polar surface area (TPSA) is 83.6 Å². The van der Waals surface area contributed by atoms with Crippen molar-refractivity contribution in [3.63, 3.8) is 0 Å². The van der Waals surface area contributed by atoms with Gasteiger partial charge in [0.25, 0.3) is 10.0 Å². The number of carbonyl (C=O) groups excluding carboxylic acids is 2. The third-order valence-electron chi connectivity index (χ3n) is 4.81. The summed E-state index contributed by atoms with van der Waals surface area (Å²) >= 11 is 1.49. The van der Waals surface area contributed by atoms with Crippen molar-refractivity contribution >= 4 is 39.7 Å². The lowest BCUT2D eigenvalue weighted by Gasteiger charge is -2.24. The monoisotopic (exact) mass is 468 g/mol. The first kappa shape index (κ1) is 23.6. The first-order valence-corrected chi connectivity index (χ1v) is 12.5. The number of hydrogen-bond acceptors (Lipinski definition) is 5. The summed E-state index contributed by atoms with van der Waals surface area (Å²) in [4.78, 5) is 24.7. The normalized spacial score (nSPS) is 11.1. The molecule has 0 unspecified atom stereocenters. The molecule has 8 heteroatoms. The van der Waals surface area contributed by atoms with Gasteiger partial charge < -0.3 is 5.32 Å². The van der Waals surface area contributed by atoms with Crippen LogP contribution in [0.3, 0.4) is 0 Å². The van der Waals surface area contributed by atoms with Crippen LogP contribution in [0.1, 0.15) is 21.5 Å². The number of benzene rings is 3. The van der Waals surface area contributed by atoms with E-state index in [9.17, 15) is 18.0 Å². The fourth-order valence-electron chi connectivity index (χ4n) is 3.08. The Bertz CT molecular complexity index is 1210. The molecule has 32 heavy (non-hydrogen) atoms. The van der Waals surface area contributed by atoms with E-state index in [4.69, 9.17) is 0 Å². The molecule has 0 bridgehead atoms. The molecule has 0 saturated carbocycles. The number of nitrogens with one attached hydrogen (secondary N) is 1. The zero-order valence-corrected chi connectivity index (χ0v) is 19.4. The van der Waals surface area contributed by atoms with Gasteiger partial charge >= 0.3 is 0 Å². The van der Waals surface area contributed by atoms with Gasteiger partial charge in [-0.25, -0.2) is 8.42 Å². The fraction of sp³-hybridized carbons (Fsp3) is 0.167. The van der Waals surface area contributed by atoms with Crippen LogP contribution in [-0.2, 0) is 21.4 Å². The van der Waals surface area contributed by atoms with Crippen molar-refractivity contribution in [2.75, 3.05) is 17.1 Å². The summed E-state index contributed by atoms with van der Waals surface area (Å²) in [6.07, 6.45) is 2.64. The van der Waals surface area contributed by atoms with Crippen LogP contribution in [0, 0.1) is 6.92 Å². The van der Waals surface area contributed by atoms with Crippen LogP contribution in [0.2, 0.25) is 0 Å². The Kier molecular flexibility index (Phi) is 7.71. The van der Waals surface area contributed by atoms with Crippen LogP contribution in [0.25, 0.3) is 0 Å². The van der Waals surface area contributed by atoms with E-state index in [0.29, 0.717) is 11.3 Å². The van der Waals surface area contributed by atoms with E-state index in [-0.39, 0.29) is 18.0 Å². The number of sulfonamides is 1. The van der Waals surface area contributed by atoms with Crippen LogP contribution >= 0.6 is 11.8 Å². The maximum absolute atomic E-state index is 13.4. The molecule has 1 N–H and O–H groups in total. The Labute approximate surface area is 192 Å². The second-order valence-corrected chi connectivity index (χ2v) is 9.91. The summed E-state index contributed by atoms with van der Waals surface area (Å²) < 4.78 is 28.0. The maximum Gasteiger partial charge on any atom is 0.264 e. The summed E-state index contributed by atoms with van der Waals surface area (Å²) in [5.41, 5.74) is 2.61. The van der Waals surface area contributed by atoms with Crippen molar-refractivity contribution in [3.8, 4) is 0 Å². The second kappa shape index (κ2) is 10.5. The van der Waals surface area contributed by atoms with Gasteiger partial charge in [-0.15, -0.1) is 11.8 Å². The van der Waals surface area contributed by atoms with Crippen LogP contribution < -0.4 is 9.62 Å². The number of thioether (sulfide) groups is 1. The van der Waals surface area contributed by atoms with Gasteiger partial charge in [-0.2, -0.15) is 0 Å². The number of carbonyl (C=O) groups is 2. The molecule has 3 aromatic carbocycles. The van der Waals surface area contributed by atoms with Crippen molar-refractivity contribution < 1.29 is 18.0 Å². The Morgan fingerprint density at radius 3 is 2.44 bits per heavy atom. The van der Waals surface area contributed by atoms with Crippen molar-refractivity contribution in [1.82, 2.24) is 5.32 Å². The molecular formula is C24H24N2O4S2. The van der Waals surface area contributed by atoms with Gasteiger partial charge in [-0.3, -0.25) is 13.9 Å². The molecule has 0 atom stereocenters. The SMILES string of the molecule is CSc1cccc(N(CC(=O)NCc2cccc(C=O)c2)S(=O)(=O)c2ccc(C)cc2)c1. The highest BCUT2D eigenvalue weighted by Gasteiger charge is 2.27. The molecular weight excluding hydrogens is 444 g/mol. The Balaban J connectivity index is 1.87. The molecule has 0 aliphatic heterocycles. The molecule has 3 aromatic rings. The third-order valence-corrected chi connectivity index (χ3v) is 7.33. The Hall–Kier alpha value is -3.10. The molecule has 0 heterocycles. The number of aldehydes is 1. The van der Waals surface area contributed by atoms with Gasteiger partial charge in [0.15, 0.2) is 0 Å². The van der Waals surface area contributed by atoms with E-state index in [1.54, 1.807) is 66.7 Å². The van der Waals surface area contributed by atoms with E-state index in [1.807, 2.05) is 19.2 Å². The molecule has 0 saturated heterocycles. The molecule has 0 radical (unpaired) electrons. The average Bonchev–Trinajstić information content (AvgIpc) is 2.81. The Morgan fingerprint density at radius 1 is 1.03 bits per heavy atom. The molecule has 3 rings (SSSR count). The van der Waals surface area contributed by atoms with Crippen LogP contribution in [-0.4, -0.2) is 33.4 Å². The maximum atomic E-state index is 13.4. The zero-order chi connectivity index (χ0) is 23.1. The molecule has 166 valence electrons. The standard InChI is InChI=1S/C24H24N2O4S2/c1-18-9-11-23(12-10-18)32(29,30)26(21-7-4-8-22(14-21)31-2)16-24(28)25-15-19-5-3-6-20(13-19)17-27/h3-14,17H,15-16H2,1-2H3,(H,25,28). The highest BCUT2D eigenvalue weighted by Crippen LogP contribution is 2.27. The van der Waals surface area contributed by atoms with Gasteiger partial charge in [0, 0.05) is 17.0 Å². The summed E-state index contributed by atoms with van der Waals surface area (Å²) in [5.74, 6) is -0.452. The first-order valence-electron chi connectivity index (χ1n) is 9.88. The summed E-state index contributed by atoms with van der Waals surface area (Å²) in [5, 5.41) is 2.75. The minimum Gasteiger partial charge on any atom is -0.350 e. The van der Waals surface area contributed by atoms with Crippen LogP contribution in [0.15, 0.2) is 82.6 Å². The minimum absolute atomic E-state index is 0.115. The zero-order valence-electron chi connectivity index (χ0n) is 17.8. The lowest BCUT2D eigenvalue weighted by Crippen LogP contribution is -2.40. The second-order valence-electron chi connectivity index (χ2n) is 7.17. The largest absolute Gasteiger partial charge is 0.350 e. The van der Waals surface area contributed by atoms with E-state index in [0.717, 1.165) is 26.6 Å². The van der Waals surface area contributed by atoms with Crippen LogP contribution in [0.5, 0.6) is 0 Å². The average molecular weight is 469 g/mol. The van der Waals surface area contributed by atoms with E-state index in [2.05, 4.69) is 5.32 Å². The molecule has 1 amide bonds. The lowest BCUT2D eigenvalue weighted by atomic mass is 10.1. The quantitative estimate of drug-likeness (QED) is 0.379. The van der Waals surface area contributed by atoms with Crippen molar-refractivity contribution in [2.45, 2.75) is 23.3 Å². The summed E-state index contributed by atoms with van der Waals surface area (Å²) in [6.45, 7) is 1.69. The van der Waals surface area contributed by atoms with Crippen molar-refractivity contribution in [2.24, 2.45) is 0 Å². The smallest absolute Gasteiger partial charge is 0.264 e. The van der Waals surface area contributed by atoms with Gasteiger partial charge in [0.2, 0.25) is 5.91 Å². The van der Waals surface area contributed by atoms with Gasteiger partial charge in [-0.05, 0) is 55.1 Å². The highest BCUT2D eigenvalue weighted by molar-refractivity contribution is 7.98.